The second kappa shape index (κ2) is 5.64. The minimum atomic E-state index is -0.480. The molecule has 1 saturated heterocycles. The molecule has 5 heteroatoms. The van der Waals surface area contributed by atoms with Crippen LogP contribution in [0.25, 0.3) is 0 Å². The maximum Gasteiger partial charge on any atom is 0.327 e. The lowest BCUT2D eigenvalue weighted by Crippen LogP contribution is -2.43. The molecule has 0 spiro atoms. The Kier molecular flexibility index (Phi) is 3.94. The molecule has 1 aromatic carbocycles. The van der Waals surface area contributed by atoms with Gasteiger partial charge in [0.1, 0.15) is 5.75 Å². The van der Waals surface area contributed by atoms with E-state index in [1.54, 1.807) is 12.0 Å². The van der Waals surface area contributed by atoms with Gasteiger partial charge in [-0.1, -0.05) is 18.2 Å². The summed E-state index contributed by atoms with van der Waals surface area (Å²) in [4.78, 5) is 24.0. The Morgan fingerprint density at radius 1 is 1.22 bits per heavy atom. The molecule has 96 valence electrons. The fourth-order valence-electron chi connectivity index (χ4n) is 1.96. The summed E-state index contributed by atoms with van der Waals surface area (Å²) < 4.78 is 9.72. The van der Waals surface area contributed by atoms with Crippen molar-refractivity contribution in [2.24, 2.45) is 0 Å². The maximum atomic E-state index is 11.1. The monoisotopic (exact) mass is 249 g/mol. The molecule has 0 N–H and O–H groups in total. The Morgan fingerprint density at radius 2 is 1.89 bits per heavy atom. The predicted molar refractivity (Wildman–Crippen MR) is 64.2 cm³/mol. The fraction of sp³-hybridized carbons (Fsp3) is 0.385. The normalized spacial score (nSPS) is 16.5. The number of rotatable bonds is 4. The number of esters is 2. The van der Waals surface area contributed by atoms with Gasteiger partial charge in [-0.05, 0) is 18.1 Å². The highest BCUT2D eigenvalue weighted by molar-refractivity contribution is 5.90. The molecule has 0 aliphatic carbocycles. The summed E-state index contributed by atoms with van der Waals surface area (Å²) in [6.07, 6.45) is 0.727. The van der Waals surface area contributed by atoms with E-state index in [4.69, 9.17) is 4.74 Å². The van der Waals surface area contributed by atoms with Crippen molar-refractivity contribution in [3.63, 3.8) is 0 Å². The van der Waals surface area contributed by atoms with Gasteiger partial charge in [0.25, 0.3) is 0 Å². The molecule has 1 aliphatic heterocycles. The zero-order chi connectivity index (χ0) is 13.0. The van der Waals surface area contributed by atoms with E-state index in [-0.39, 0.29) is 13.1 Å². The molecule has 5 nitrogen and oxygen atoms in total. The van der Waals surface area contributed by atoms with Crippen LogP contribution in [0, 0.1) is 0 Å². The summed E-state index contributed by atoms with van der Waals surface area (Å²) >= 11 is 0. The molecule has 0 radical (unpaired) electrons. The van der Waals surface area contributed by atoms with E-state index in [2.05, 4.69) is 4.74 Å². The van der Waals surface area contributed by atoms with Gasteiger partial charge in [-0.2, -0.15) is 0 Å². The van der Waals surface area contributed by atoms with Crippen molar-refractivity contribution in [1.29, 1.82) is 0 Å². The number of cyclic esters (lactones) is 2. The number of ether oxygens (including phenoxy) is 2. The van der Waals surface area contributed by atoms with Gasteiger partial charge in [0.05, 0.1) is 20.2 Å². The molecule has 1 aliphatic rings. The van der Waals surface area contributed by atoms with Crippen LogP contribution in [0.15, 0.2) is 24.3 Å². The van der Waals surface area contributed by atoms with Crippen LogP contribution in [0.3, 0.4) is 0 Å². The lowest BCUT2D eigenvalue weighted by Gasteiger charge is -2.24. The molecule has 0 amide bonds. The highest BCUT2D eigenvalue weighted by Crippen LogP contribution is 2.18. The third-order valence-corrected chi connectivity index (χ3v) is 2.82. The third kappa shape index (κ3) is 3.07. The maximum absolute atomic E-state index is 11.1. The van der Waals surface area contributed by atoms with Crippen molar-refractivity contribution in [2.75, 3.05) is 26.7 Å². The van der Waals surface area contributed by atoms with E-state index in [1.165, 1.54) is 0 Å². The molecule has 1 aromatic rings. The summed E-state index contributed by atoms with van der Waals surface area (Å²) in [5.74, 6) is -0.138. The number of benzene rings is 1. The molecule has 2 rings (SSSR count). The van der Waals surface area contributed by atoms with Crippen molar-refractivity contribution in [2.45, 2.75) is 6.42 Å². The molecular formula is C13H15NO4. The van der Waals surface area contributed by atoms with E-state index >= 15 is 0 Å². The van der Waals surface area contributed by atoms with Gasteiger partial charge in [0.2, 0.25) is 0 Å². The third-order valence-electron chi connectivity index (χ3n) is 2.82. The van der Waals surface area contributed by atoms with E-state index in [0.29, 0.717) is 6.54 Å². The molecule has 1 heterocycles. The van der Waals surface area contributed by atoms with E-state index in [0.717, 1.165) is 17.7 Å². The molecule has 0 atom stereocenters. The first-order valence-corrected chi connectivity index (χ1v) is 5.77. The highest BCUT2D eigenvalue weighted by atomic mass is 16.6. The lowest BCUT2D eigenvalue weighted by atomic mass is 10.1. The van der Waals surface area contributed by atoms with Crippen LogP contribution in [0.2, 0.25) is 0 Å². The summed E-state index contributed by atoms with van der Waals surface area (Å²) in [6.45, 7) is 0.961. The van der Waals surface area contributed by atoms with Gasteiger partial charge >= 0.3 is 11.9 Å². The van der Waals surface area contributed by atoms with Crippen LogP contribution in [0.5, 0.6) is 5.75 Å². The number of hydrogen-bond donors (Lipinski definition) is 0. The Labute approximate surface area is 105 Å². The number of carbonyl (C=O) groups is 2. The lowest BCUT2D eigenvalue weighted by molar-refractivity contribution is -0.166. The molecule has 0 unspecified atom stereocenters. The van der Waals surface area contributed by atoms with Crippen LogP contribution in [-0.2, 0) is 20.7 Å². The van der Waals surface area contributed by atoms with Crippen molar-refractivity contribution in [3.05, 3.63) is 29.8 Å². The second-order valence-electron chi connectivity index (χ2n) is 4.12. The van der Waals surface area contributed by atoms with Crippen molar-refractivity contribution in [1.82, 2.24) is 4.90 Å². The van der Waals surface area contributed by atoms with Crippen molar-refractivity contribution >= 4 is 11.9 Å². The number of hydrogen-bond acceptors (Lipinski definition) is 5. The van der Waals surface area contributed by atoms with Crippen molar-refractivity contribution in [3.8, 4) is 5.75 Å². The predicted octanol–water partition coefficient (Wildman–Crippen LogP) is 0.623. The van der Waals surface area contributed by atoms with E-state index in [1.807, 2.05) is 24.3 Å². The number of carbonyl (C=O) groups excluding carboxylic acids is 2. The smallest absolute Gasteiger partial charge is 0.327 e. The van der Waals surface area contributed by atoms with Gasteiger partial charge in [-0.15, -0.1) is 0 Å². The zero-order valence-electron chi connectivity index (χ0n) is 10.2. The standard InChI is InChI=1S/C13H15NO4/c1-17-11-5-3-2-4-10(11)6-7-14-8-12(15)18-13(16)9-14/h2-5H,6-9H2,1H3. The zero-order valence-corrected chi connectivity index (χ0v) is 10.2. The minimum Gasteiger partial charge on any atom is -0.496 e. The molecular weight excluding hydrogens is 234 g/mol. The number of para-hydroxylation sites is 1. The molecule has 18 heavy (non-hydrogen) atoms. The highest BCUT2D eigenvalue weighted by Gasteiger charge is 2.24. The van der Waals surface area contributed by atoms with Crippen molar-refractivity contribution < 1.29 is 19.1 Å². The molecule has 0 aromatic heterocycles. The Morgan fingerprint density at radius 3 is 2.56 bits per heavy atom. The van der Waals surface area contributed by atoms with Gasteiger partial charge in [-0.3, -0.25) is 14.5 Å². The van der Waals surface area contributed by atoms with Gasteiger partial charge in [0, 0.05) is 6.54 Å². The van der Waals surface area contributed by atoms with Crippen LogP contribution in [-0.4, -0.2) is 43.6 Å². The summed E-state index contributed by atoms with van der Waals surface area (Å²) in [7, 11) is 1.63. The number of methoxy groups -OCH3 is 1. The largest absolute Gasteiger partial charge is 0.496 e. The molecule has 0 saturated carbocycles. The van der Waals surface area contributed by atoms with Crippen LogP contribution in [0.4, 0.5) is 0 Å². The molecule has 1 fully saturated rings. The van der Waals surface area contributed by atoms with Crippen LogP contribution < -0.4 is 4.74 Å². The summed E-state index contributed by atoms with van der Waals surface area (Å²) in [5, 5.41) is 0. The van der Waals surface area contributed by atoms with Gasteiger partial charge in [0.15, 0.2) is 0 Å². The Bertz CT molecular complexity index is 442. The fourth-order valence-corrected chi connectivity index (χ4v) is 1.96. The second-order valence-corrected chi connectivity index (χ2v) is 4.12. The first-order chi connectivity index (χ1) is 8.69. The average molecular weight is 249 g/mol. The first kappa shape index (κ1) is 12.6. The summed E-state index contributed by atoms with van der Waals surface area (Å²) in [5.41, 5.74) is 1.06. The molecule has 0 bridgehead atoms. The Hall–Kier alpha value is -1.88. The number of nitrogens with zero attached hydrogens (tertiary/aromatic N) is 1. The van der Waals surface area contributed by atoms with Gasteiger partial charge in [-0.25, -0.2) is 0 Å². The average Bonchev–Trinajstić information content (AvgIpc) is 2.35. The number of morpholine rings is 1. The van der Waals surface area contributed by atoms with E-state index in [9.17, 15) is 9.59 Å². The SMILES string of the molecule is COc1ccccc1CCN1CC(=O)OC(=O)C1. The quantitative estimate of drug-likeness (QED) is 0.578. The van der Waals surface area contributed by atoms with E-state index < -0.39 is 11.9 Å². The Balaban J connectivity index is 1.94. The minimum absolute atomic E-state index is 0.168. The summed E-state index contributed by atoms with van der Waals surface area (Å²) in [6, 6.07) is 7.71. The van der Waals surface area contributed by atoms with Crippen LogP contribution in [0.1, 0.15) is 5.56 Å². The van der Waals surface area contributed by atoms with Crippen LogP contribution >= 0.6 is 0 Å². The topological polar surface area (TPSA) is 55.8 Å². The first-order valence-electron chi connectivity index (χ1n) is 5.77. The van der Waals surface area contributed by atoms with Gasteiger partial charge < -0.3 is 9.47 Å².